The summed E-state index contributed by atoms with van der Waals surface area (Å²) in [6.45, 7) is 0.612. The Bertz CT molecular complexity index is 975. The Morgan fingerprint density at radius 3 is 2.89 bits per heavy atom. The van der Waals surface area contributed by atoms with Crippen LogP contribution < -0.4 is 9.64 Å². The van der Waals surface area contributed by atoms with Crippen LogP contribution >= 0.6 is 0 Å². The maximum absolute atomic E-state index is 12.9. The van der Waals surface area contributed by atoms with E-state index in [9.17, 15) is 4.79 Å². The molecule has 1 heterocycles. The molecule has 0 aliphatic carbocycles. The van der Waals surface area contributed by atoms with E-state index in [2.05, 4.69) is 10.9 Å². The summed E-state index contributed by atoms with van der Waals surface area (Å²) < 4.78 is 5.77. The van der Waals surface area contributed by atoms with E-state index < -0.39 is 0 Å². The molecule has 1 amide bonds. The average molecular weight is 358 g/mol. The van der Waals surface area contributed by atoms with E-state index in [-0.39, 0.29) is 5.91 Å². The number of unbranched alkanes of at least 4 members (excludes halogenated alkanes) is 2. The van der Waals surface area contributed by atoms with Crippen LogP contribution in [0.15, 0.2) is 60.8 Å². The van der Waals surface area contributed by atoms with Crippen LogP contribution in [0.25, 0.3) is 10.9 Å². The lowest BCUT2D eigenvalue weighted by atomic mass is 10.1. The fourth-order valence-corrected chi connectivity index (χ4v) is 2.82. The SMILES string of the molecule is C#CCCCCOc1cccc(N(C)C(=O)c2ccc3ncccc3c2)c1. The molecule has 4 nitrogen and oxygen atoms in total. The van der Waals surface area contributed by atoms with Gasteiger partial charge in [-0.05, 0) is 49.2 Å². The van der Waals surface area contributed by atoms with Crippen LogP contribution in [0.5, 0.6) is 5.75 Å². The van der Waals surface area contributed by atoms with Gasteiger partial charge >= 0.3 is 0 Å². The van der Waals surface area contributed by atoms with Crippen molar-refractivity contribution in [2.75, 3.05) is 18.6 Å². The lowest BCUT2D eigenvalue weighted by Crippen LogP contribution is -2.26. The zero-order valence-corrected chi connectivity index (χ0v) is 15.4. The van der Waals surface area contributed by atoms with E-state index >= 15 is 0 Å². The summed E-state index contributed by atoms with van der Waals surface area (Å²) in [5, 5.41) is 0.945. The van der Waals surface area contributed by atoms with Gasteiger partial charge in [-0.1, -0.05) is 12.1 Å². The number of hydrogen-bond donors (Lipinski definition) is 0. The van der Waals surface area contributed by atoms with Gasteiger partial charge in [0.25, 0.3) is 5.91 Å². The predicted molar refractivity (Wildman–Crippen MR) is 109 cm³/mol. The first kappa shape index (κ1) is 18.5. The van der Waals surface area contributed by atoms with E-state index in [1.54, 1.807) is 24.2 Å². The topological polar surface area (TPSA) is 42.4 Å². The molecular weight excluding hydrogens is 336 g/mol. The maximum atomic E-state index is 12.9. The molecule has 0 unspecified atom stereocenters. The first-order valence-electron chi connectivity index (χ1n) is 8.98. The Morgan fingerprint density at radius 2 is 2.04 bits per heavy atom. The van der Waals surface area contributed by atoms with Crippen molar-refractivity contribution >= 4 is 22.5 Å². The summed E-state index contributed by atoms with van der Waals surface area (Å²) >= 11 is 0. The van der Waals surface area contributed by atoms with E-state index in [1.165, 1.54) is 0 Å². The number of anilines is 1. The molecule has 136 valence electrons. The van der Waals surface area contributed by atoms with E-state index in [1.807, 2.05) is 48.5 Å². The lowest BCUT2D eigenvalue weighted by molar-refractivity contribution is 0.0993. The van der Waals surface area contributed by atoms with Gasteiger partial charge in [0.1, 0.15) is 5.75 Å². The molecule has 4 heteroatoms. The lowest BCUT2D eigenvalue weighted by Gasteiger charge is -2.18. The van der Waals surface area contributed by atoms with Gasteiger partial charge in [0.15, 0.2) is 0 Å². The highest BCUT2D eigenvalue weighted by molar-refractivity contribution is 6.07. The summed E-state index contributed by atoms with van der Waals surface area (Å²) in [7, 11) is 1.77. The van der Waals surface area contributed by atoms with Crippen molar-refractivity contribution < 1.29 is 9.53 Å². The highest BCUT2D eigenvalue weighted by Gasteiger charge is 2.14. The highest BCUT2D eigenvalue weighted by Crippen LogP contribution is 2.23. The molecule has 0 spiro atoms. The van der Waals surface area contributed by atoms with Crippen molar-refractivity contribution in [1.29, 1.82) is 0 Å². The molecule has 0 aliphatic rings. The third-order valence-corrected chi connectivity index (χ3v) is 4.34. The first-order valence-corrected chi connectivity index (χ1v) is 8.98. The zero-order valence-electron chi connectivity index (χ0n) is 15.4. The molecule has 0 atom stereocenters. The largest absolute Gasteiger partial charge is 0.494 e. The number of hydrogen-bond acceptors (Lipinski definition) is 3. The normalized spacial score (nSPS) is 10.4. The number of rotatable bonds is 7. The molecule has 1 aromatic heterocycles. The summed E-state index contributed by atoms with van der Waals surface area (Å²) in [5.74, 6) is 3.29. The van der Waals surface area contributed by atoms with Crippen molar-refractivity contribution in [3.05, 3.63) is 66.4 Å². The number of benzene rings is 2. The number of nitrogens with zero attached hydrogens (tertiary/aromatic N) is 2. The molecule has 0 bridgehead atoms. The molecule has 2 aromatic carbocycles. The fraction of sp³-hybridized carbons (Fsp3) is 0.217. The second-order valence-corrected chi connectivity index (χ2v) is 6.28. The van der Waals surface area contributed by atoms with Gasteiger partial charge in [-0.15, -0.1) is 12.3 Å². The summed E-state index contributed by atoms with van der Waals surface area (Å²) in [6, 6.07) is 16.9. The highest BCUT2D eigenvalue weighted by atomic mass is 16.5. The van der Waals surface area contributed by atoms with Crippen molar-refractivity contribution in [3.63, 3.8) is 0 Å². The number of aromatic nitrogens is 1. The molecule has 0 fully saturated rings. The van der Waals surface area contributed by atoms with Gasteiger partial charge in [0.05, 0.1) is 12.1 Å². The standard InChI is InChI=1S/C23H22N2O2/c1-3-4-5-6-15-27-21-11-7-10-20(17-21)25(2)23(26)19-12-13-22-18(16-19)9-8-14-24-22/h1,7-14,16-17H,4-6,15H2,2H3. The Morgan fingerprint density at radius 1 is 1.15 bits per heavy atom. The van der Waals surface area contributed by atoms with Crippen LogP contribution in [0.3, 0.4) is 0 Å². The van der Waals surface area contributed by atoms with Crippen LogP contribution in [-0.2, 0) is 0 Å². The van der Waals surface area contributed by atoms with Crippen LogP contribution in [-0.4, -0.2) is 24.5 Å². The summed E-state index contributed by atoms with van der Waals surface area (Å²) in [6.07, 6.45) is 9.62. The molecule has 3 aromatic rings. The number of carbonyl (C=O) groups is 1. The minimum absolute atomic E-state index is 0.0769. The molecule has 27 heavy (non-hydrogen) atoms. The Labute approximate surface area is 159 Å². The third-order valence-electron chi connectivity index (χ3n) is 4.34. The van der Waals surface area contributed by atoms with E-state index in [4.69, 9.17) is 11.2 Å². The molecular formula is C23H22N2O2. The number of amides is 1. The Balaban J connectivity index is 1.70. The van der Waals surface area contributed by atoms with Gasteiger partial charge in [0.2, 0.25) is 0 Å². The molecule has 0 aliphatic heterocycles. The summed E-state index contributed by atoms with van der Waals surface area (Å²) in [5.41, 5.74) is 2.28. The third kappa shape index (κ3) is 4.65. The van der Waals surface area contributed by atoms with Crippen molar-refractivity contribution in [1.82, 2.24) is 4.98 Å². The fourth-order valence-electron chi connectivity index (χ4n) is 2.82. The molecule has 0 saturated carbocycles. The zero-order chi connectivity index (χ0) is 19.1. The molecule has 0 N–H and O–H groups in total. The van der Waals surface area contributed by atoms with Gasteiger partial charge in [-0.2, -0.15) is 0 Å². The Kier molecular flexibility index (Phi) is 6.06. The molecule has 3 rings (SSSR count). The van der Waals surface area contributed by atoms with Crippen molar-refractivity contribution in [3.8, 4) is 18.1 Å². The van der Waals surface area contributed by atoms with E-state index in [0.29, 0.717) is 12.2 Å². The number of pyridine rings is 1. The summed E-state index contributed by atoms with van der Waals surface area (Å²) in [4.78, 5) is 18.8. The van der Waals surface area contributed by atoms with Crippen LogP contribution in [0, 0.1) is 12.3 Å². The van der Waals surface area contributed by atoms with Gasteiger partial charge in [0, 0.05) is 42.4 Å². The molecule has 0 saturated heterocycles. The van der Waals surface area contributed by atoms with Gasteiger partial charge in [-0.3, -0.25) is 9.78 Å². The Hall–Kier alpha value is -3.32. The van der Waals surface area contributed by atoms with Gasteiger partial charge < -0.3 is 9.64 Å². The smallest absolute Gasteiger partial charge is 0.258 e. The second kappa shape index (κ2) is 8.86. The second-order valence-electron chi connectivity index (χ2n) is 6.28. The minimum Gasteiger partial charge on any atom is -0.494 e. The van der Waals surface area contributed by atoms with Crippen LogP contribution in [0.2, 0.25) is 0 Å². The van der Waals surface area contributed by atoms with Gasteiger partial charge in [-0.25, -0.2) is 0 Å². The molecule has 0 radical (unpaired) electrons. The average Bonchev–Trinajstić information content (AvgIpc) is 2.72. The predicted octanol–water partition coefficient (Wildman–Crippen LogP) is 4.69. The van der Waals surface area contributed by atoms with Crippen LogP contribution in [0.4, 0.5) is 5.69 Å². The number of carbonyl (C=O) groups excluding carboxylic acids is 1. The first-order chi connectivity index (χ1) is 13.2. The maximum Gasteiger partial charge on any atom is 0.258 e. The van der Waals surface area contributed by atoms with Crippen molar-refractivity contribution in [2.24, 2.45) is 0 Å². The quantitative estimate of drug-likeness (QED) is 0.454. The number of fused-ring (bicyclic) bond motifs is 1. The van der Waals surface area contributed by atoms with Crippen LogP contribution in [0.1, 0.15) is 29.6 Å². The van der Waals surface area contributed by atoms with Crippen molar-refractivity contribution in [2.45, 2.75) is 19.3 Å². The number of terminal acetylenes is 1. The minimum atomic E-state index is -0.0769. The monoisotopic (exact) mass is 358 g/mol. The van der Waals surface area contributed by atoms with E-state index in [0.717, 1.165) is 41.6 Å². The number of ether oxygens (including phenoxy) is 1.